The molecule has 0 aliphatic carbocycles. The minimum absolute atomic E-state index is 0.00828. The number of amides is 1. The van der Waals surface area contributed by atoms with Crippen molar-refractivity contribution in [2.45, 2.75) is 31.1 Å². The van der Waals surface area contributed by atoms with Crippen LogP contribution in [0.2, 0.25) is 5.02 Å². The van der Waals surface area contributed by atoms with Crippen molar-refractivity contribution in [1.82, 2.24) is 4.98 Å². The third-order valence-electron chi connectivity index (χ3n) is 4.04. The molecule has 0 saturated carbocycles. The highest BCUT2D eigenvalue weighted by atomic mass is 35.5. The van der Waals surface area contributed by atoms with Crippen LogP contribution in [0.4, 0.5) is 5.13 Å². The zero-order valence-corrected chi connectivity index (χ0v) is 17.5. The Morgan fingerprint density at radius 3 is 2.59 bits per heavy atom. The summed E-state index contributed by atoms with van der Waals surface area (Å²) in [6.45, 7) is 2.14. The zero-order chi connectivity index (χ0) is 19.1. The van der Waals surface area contributed by atoms with E-state index in [1.807, 2.05) is 29.6 Å². The molecule has 0 saturated heterocycles. The summed E-state index contributed by atoms with van der Waals surface area (Å²) in [5.41, 5.74) is 3.28. The SMILES string of the molecule is CCc1ccc(-c2csc(NC(=O)CCCSc3ccc(Cl)cc3)n2)cc1. The van der Waals surface area contributed by atoms with Gasteiger partial charge in [-0.15, -0.1) is 23.1 Å². The van der Waals surface area contributed by atoms with Crippen LogP contribution in [0.3, 0.4) is 0 Å². The van der Waals surface area contributed by atoms with E-state index in [4.69, 9.17) is 11.6 Å². The van der Waals surface area contributed by atoms with Gasteiger partial charge < -0.3 is 5.32 Å². The van der Waals surface area contributed by atoms with E-state index in [2.05, 4.69) is 41.5 Å². The quantitative estimate of drug-likeness (QED) is 0.335. The molecular weight excluding hydrogens is 396 g/mol. The van der Waals surface area contributed by atoms with E-state index < -0.39 is 0 Å². The van der Waals surface area contributed by atoms with Crippen LogP contribution in [0.5, 0.6) is 0 Å². The van der Waals surface area contributed by atoms with Gasteiger partial charge in [-0.1, -0.05) is 42.8 Å². The van der Waals surface area contributed by atoms with Crippen LogP contribution in [0.1, 0.15) is 25.3 Å². The van der Waals surface area contributed by atoms with Crippen molar-refractivity contribution in [3.63, 3.8) is 0 Å². The maximum Gasteiger partial charge on any atom is 0.226 e. The summed E-state index contributed by atoms with van der Waals surface area (Å²) in [5.74, 6) is 0.899. The number of rotatable bonds is 8. The monoisotopic (exact) mass is 416 g/mol. The van der Waals surface area contributed by atoms with Gasteiger partial charge in [-0.05, 0) is 48.4 Å². The number of benzene rings is 2. The molecule has 1 amide bonds. The molecule has 1 N–H and O–H groups in total. The zero-order valence-electron chi connectivity index (χ0n) is 15.1. The van der Waals surface area contributed by atoms with Crippen LogP contribution < -0.4 is 5.32 Å². The Morgan fingerprint density at radius 1 is 1.15 bits per heavy atom. The first-order valence-electron chi connectivity index (χ1n) is 8.87. The minimum atomic E-state index is 0.00828. The molecule has 3 rings (SSSR count). The molecule has 0 aliphatic rings. The second-order valence-corrected chi connectivity index (χ2v) is 8.51. The Kier molecular flexibility index (Phi) is 7.33. The van der Waals surface area contributed by atoms with Gasteiger partial charge in [0.25, 0.3) is 0 Å². The first kappa shape index (κ1) is 19.9. The average Bonchev–Trinajstić information content (AvgIpc) is 3.15. The second kappa shape index (κ2) is 9.93. The lowest BCUT2D eigenvalue weighted by atomic mass is 10.1. The fraction of sp³-hybridized carbons (Fsp3) is 0.238. The number of anilines is 1. The number of halogens is 1. The number of thiazole rings is 1. The summed E-state index contributed by atoms with van der Waals surface area (Å²) < 4.78 is 0. The van der Waals surface area contributed by atoms with E-state index in [1.54, 1.807) is 11.8 Å². The molecule has 3 aromatic rings. The standard InChI is InChI=1S/C21H21ClN2OS2/c1-2-15-5-7-16(8-6-15)19-14-27-21(23-19)24-20(25)4-3-13-26-18-11-9-17(22)10-12-18/h5-12,14H,2-4,13H2,1H3,(H,23,24,25). The molecule has 0 fully saturated rings. The van der Waals surface area contributed by atoms with Crippen LogP contribution in [-0.2, 0) is 11.2 Å². The molecule has 0 aliphatic heterocycles. The molecule has 2 aromatic carbocycles. The molecular formula is C21H21ClN2OS2. The van der Waals surface area contributed by atoms with Crippen molar-refractivity contribution in [3.05, 3.63) is 64.5 Å². The van der Waals surface area contributed by atoms with Crippen molar-refractivity contribution in [2.75, 3.05) is 11.1 Å². The highest BCUT2D eigenvalue weighted by Gasteiger charge is 2.08. The average molecular weight is 417 g/mol. The first-order valence-corrected chi connectivity index (χ1v) is 11.1. The number of aromatic nitrogens is 1. The molecule has 0 bridgehead atoms. The van der Waals surface area contributed by atoms with Crippen molar-refractivity contribution in [3.8, 4) is 11.3 Å². The van der Waals surface area contributed by atoms with E-state index in [9.17, 15) is 4.79 Å². The topological polar surface area (TPSA) is 42.0 Å². The Balaban J connectivity index is 1.44. The van der Waals surface area contributed by atoms with Crippen LogP contribution in [0.15, 0.2) is 58.8 Å². The van der Waals surface area contributed by atoms with E-state index in [0.717, 1.165) is 34.9 Å². The van der Waals surface area contributed by atoms with Crippen LogP contribution >= 0.6 is 34.7 Å². The van der Waals surface area contributed by atoms with E-state index in [-0.39, 0.29) is 5.91 Å². The molecule has 27 heavy (non-hydrogen) atoms. The molecule has 0 spiro atoms. The van der Waals surface area contributed by atoms with Crippen molar-refractivity contribution in [1.29, 1.82) is 0 Å². The number of aryl methyl sites for hydroxylation is 1. The predicted molar refractivity (Wildman–Crippen MR) is 117 cm³/mol. The predicted octanol–water partition coefficient (Wildman–Crippen LogP) is 6.54. The maximum atomic E-state index is 12.1. The van der Waals surface area contributed by atoms with E-state index >= 15 is 0 Å². The Morgan fingerprint density at radius 2 is 1.89 bits per heavy atom. The van der Waals surface area contributed by atoms with Gasteiger partial charge >= 0.3 is 0 Å². The third-order valence-corrected chi connectivity index (χ3v) is 6.15. The number of hydrogen-bond donors (Lipinski definition) is 1. The molecule has 0 unspecified atom stereocenters. The van der Waals surface area contributed by atoms with Crippen LogP contribution in [0, 0.1) is 0 Å². The summed E-state index contributed by atoms with van der Waals surface area (Å²) in [7, 11) is 0. The van der Waals surface area contributed by atoms with Gasteiger partial charge in [0.1, 0.15) is 0 Å². The molecule has 3 nitrogen and oxygen atoms in total. The van der Waals surface area contributed by atoms with Gasteiger partial charge in [0.15, 0.2) is 5.13 Å². The lowest BCUT2D eigenvalue weighted by Crippen LogP contribution is -2.11. The molecule has 1 heterocycles. The van der Waals surface area contributed by atoms with Gasteiger partial charge in [-0.2, -0.15) is 0 Å². The highest BCUT2D eigenvalue weighted by Crippen LogP contribution is 2.26. The molecule has 6 heteroatoms. The number of hydrogen-bond acceptors (Lipinski definition) is 4. The maximum absolute atomic E-state index is 12.1. The Hall–Kier alpha value is -1.82. The summed E-state index contributed by atoms with van der Waals surface area (Å²) in [5, 5.41) is 6.27. The number of nitrogens with zero attached hydrogens (tertiary/aromatic N) is 1. The largest absolute Gasteiger partial charge is 0.302 e. The Bertz CT molecular complexity index is 876. The summed E-state index contributed by atoms with van der Waals surface area (Å²) >= 11 is 9.07. The van der Waals surface area contributed by atoms with Gasteiger partial charge in [0.2, 0.25) is 5.91 Å². The molecule has 1 aromatic heterocycles. The van der Waals surface area contributed by atoms with E-state index in [1.165, 1.54) is 21.8 Å². The Labute approximate surface area is 173 Å². The summed E-state index contributed by atoms with van der Waals surface area (Å²) in [4.78, 5) is 17.8. The van der Waals surface area contributed by atoms with Crippen molar-refractivity contribution < 1.29 is 4.79 Å². The second-order valence-electron chi connectivity index (χ2n) is 6.04. The third kappa shape index (κ3) is 6.09. The van der Waals surface area contributed by atoms with Crippen LogP contribution in [0.25, 0.3) is 11.3 Å². The lowest BCUT2D eigenvalue weighted by Gasteiger charge is -2.03. The number of nitrogens with one attached hydrogen (secondary N) is 1. The minimum Gasteiger partial charge on any atom is -0.302 e. The lowest BCUT2D eigenvalue weighted by molar-refractivity contribution is -0.116. The van der Waals surface area contributed by atoms with Crippen molar-refractivity contribution in [2.24, 2.45) is 0 Å². The summed E-state index contributed by atoms with van der Waals surface area (Å²) in [6, 6.07) is 16.1. The molecule has 0 atom stereocenters. The normalized spacial score (nSPS) is 10.7. The van der Waals surface area contributed by atoms with Crippen molar-refractivity contribution >= 4 is 45.7 Å². The fourth-order valence-corrected chi connectivity index (χ4v) is 4.23. The summed E-state index contributed by atoms with van der Waals surface area (Å²) in [6.07, 6.45) is 2.32. The first-order chi connectivity index (χ1) is 13.1. The number of carbonyl (C=O) groups is 1. The van der Waals surface area contributed by atoms with Gasteiger partial charge in [0.05, 0.1) is 5.69 Å². The smallest absolute Gasteiger partial charge is 0.226 e. The van der Waals surface area contributed by atoms with E-state index in [0.29, 0.717) is 11.6 Å². The highest BCUT2D eigenvalue weighted by molar-refractivity contribution is 7.99. The molecule has 0 radical (unpaired) electrons. The fourth-order valence-electron chi connectivity index (χ4n) is 2.51. The van der Waals surface area contributed by atoms with Crippen LogP contribution in [-0.4, -0.2) is 16.6 Å². The molecule has 140 valence electrons. The van der Waals surface area contributed by atoms with Gasteiger partial charge in [-0.25, -0.2) is 4.98 Å². The number of carbonyl (C=O) groups excluding carboxylic acids is 1. The van der Waals surface area contributed by atoms with Gasteiger partial charge in [0, 0.05) is 27.3 Å². The number of thioether (sulfide) groups is 1. The van der Waals surface area contributed by atoms with Gasteiger partial charge in [-0.3, -0.25) is 4.79 Å².